The summed E-state index contributed by atoms with van der Waals surface area (Å²) >= 11 is 0. The molecule has 0 radical (unpaired) electrons. The van der Waals surface area contributed by atoms with Gasteiger partial charge in [-0.1, -0.05) is 157 Å². The van der Waals surface area contributed by atoms with Gasteiger partial charge in [-0.05, 0) is 96.3 Å². The summed E-state index contributed by atoms with van der Waals surface area (Å²) in [7, 11) is 0. The number of aliphatic hydroxyl groups excluding tert-OH is 2. The fourth-order valence-electron chi connectivity index (χ4n) is 6.79. The molecule has 0 aromatic rings. The largest absolute Gasteiger partial charge is 0.479 e. The predicted molar refractivity (Wildman–Crippen MR) is 266 cm³/mol. The quantitative estimate of drug-likeness (QED) is 0.0230. The fraction of sp³-hybridized carbons (Fsp3) is 0.636. The molecule has 0 aliphatic carbocycles. The maximum absolute atomic E-state index is 13.0. The Morgan fingerprint density at radius 3 is 1.52 bits per heavy atom. The molecule has 0 aromatic carbocycles. The fourth-order valence-corrected chi connectivity index (χ4v) is 6.79. The van der Waals surface area contributed by atoms with Gasteiger partial charge in [-0.15, -0.1) is 0 Å². The highest BCUT2D eigenvalue weighted by molar-refractivity contribution is 5.74. The Balaban J connectivity index is 2.82. The van der Waals surface area contributed by atoms with Crippen LogP contribution in [0.3, 0.4) is 0 Å². The van der Waals surface area contributed by atoms with Crippen LogP contribution in [0, 0.1) is 0 Å². The molecule has 1 fully saturated rings. The van der Waals surface area contributed by atoms with E-state index in [1.165, 1.54) is 12.8 Å². The second-order valence-electron chi connectivity index (χ2n) is 16.7. The van der Waals surface area contributed by atoms with Gasteiger partial charge in [0.05, 0.1) is 6.61 Å². The molecule has 6 unspecified atom stereocenters. The van der Waals surface area contributed by atoms with Crippen molar-refractivity contribution in [1.29, 1.82) is 0 Å². The van der Waals surface area contributed by atoms with Gasteiger partial charge >= 0.3 is 23.9 Å². The summed E-state index contributed by atoms with van der Waals surface area (Å²) in [5.41, 5.74) is 0. The Bertz CT molecular complexity index is 1540. The van der Waals surface area contributed by atoms with Crippen molar-refractivity contribution in [1.82, 2.24) is 0 Å². The zero-order valence-electron chi connectivity index (χ0n) is 41.1. The SMILES string of the molecule is CC/C=C\C/C=C\C/C=C\C/C=C\CCC(=O)OCC(COC1OC(C(=O)O)C(O)C(O)C1OC(=O)CCCCC/C=C\C/C=C\C/C=C\CC)OC(=O)CCCCCCC/C=C\CCCC. The summed E-state index contributed by atoms with van der Waals surface area (Å²) in [5, 5.41) is 31.3. The smallest absolute Gasteiger partial charge is 0.335 e. The van der Waals surface area contributed by atoms with Crippen LogP contribution in [-0.2, 0) is 42.9 Å². The number of hydrogen-bond donors (Lipinski definition) is 3. The Kier molecular flexibility index (Phi) is 38.9. The van der Waals surface area contributed by atoms with E-state index >= 15 is 0 Å². The number of aliphatic carboxylic acids is 1. The Hall–Kier alpha value is -4.36. The summed E-state index contributed by atoms with van der Waals surface area (Å²) < 4.78 is 28.1. The van der Waals surface area contributed by atoms with E-state index in [0.717, 1.165) is 103 Å². The van der Waals surface area contributed by atoms with E-state index in [4.69, 9.17) is 23.7 Å². The lowest BCUT2D eigenvalue weighted by Gasteiger charge is -2.40. The third-order valence-corrected chi connectivity index (χ3v) is 10.6. The number of unbranched alkanes of at least 4 members (excludes halogenated alkanes) is 10. The maximum atomic E-state index is 13.0. The minimum atomic E-state index is -1.92. The van der Waals surface area contributed by atoms with Crippen molar-refractivity contribution >= 4 is 23.9 Å². The first-order valence-corrected chi connectivity index (χ1v) is 25.2. The number of carboxylic acid groups (broad SMARTS) is 1. The van der Waals surface area contributed by atoms with Crippen molar-refractivity contribution in [2.45, 2.75) is 212 Å². The average Bonchev–Trinajstić information content (AvgIpc) is 3.31. The van der Waals surface area contributed by atoms with Crippen molar-refractivity contribution in [2.75, 3.05) is 13.2 Å². The lowest BCUT2D eigenvalue weighted by Crippen LogP contribution is -2.61. The van der Waals surface area contributed by atoms with Gasteiger partial charge in [0.15, 0.2) is 24.6 Å². The van der Waals surface area contributed by atoms with Crippen LogP contribution in [0.5, 0.6) is 0 Å². The van der Waals surface area contributed by atoms with Gasteiger partial charge in [-0.2, -0.15) is 0 Å². The molecule has 1 saturated heterocycles. The highest BCUT2D eigenvalue weighted by Gasteiger charge is 2.50. The van der Waals surface area contributed by atoms with E-state index in [-0.39, 0.29) is 25.9 Å². The molecule has 12 heteroatoms. The molecule has 1 aliphatic heterocycles. The topological polar surface area (TPSA) is 175 Å². The van der Waals surface area contributed by atoms with E-state index in [1.54, 1.807) is 0 Å². The van der Waals surface area contributed by atoms with Crippen LogP contribution >= 0.6 is 0 Å². The van der Waals surface area contributed by atoms with Crippen molar-refractivity contribution in [3.8, 4) is 0 Å². The lowest BCUT2D eigenvalue weighted by molar-refractivity contribution is -0.301. The standard InChI is InChI=1S/C55H86O12/c1-4-7-10-13-16-19-22-24-27-29-32-35-38-41-47(56)63-44-46(65-48(57)42-39-36-33-30-26-21-18-15-12-9-6-3)45-64-55-53(51(60)50(59)52(67-55)54(61)62)66-49(58)43-40-37-34-31-28-25-23-20-17-14-11-8-5-2/h7-8,10-11,15-20,24-25,27-28,32,35,46,50-53,55,59-60H,4-6,9,12-14,21-23,26,29-31,33-34,36-45H2,1-3H3,(H,61,62)/b10-7-,11-8-,18-15-,19-16-,20-17-,27-24-,28-25-,35-32-. The van der Waals surface area contributed by atoms with Crippen molar-refractivity contribution < 1.29 is 58.2 Å². The monoisotopic (exact) mass is 939 g/mol. The predicted octanol–water partition coefficient (Wildman–Crippen LogP) is 11.8. The first-order valence-electron chi connectivity index (χ1n) is 25.2. The molecular formula is C55H86O12. The highest BCUT2D eigenvalue weighted by atomic mass is 16.7. The zero-order valence-corrected chi connectivity index (χ0v) is 41.1. The molecule has 0 spiro atoms. The van der Waals surface area contributed by atoms with Gasteiger partial charge in [0.25, 0.3) is 0 Å². The Morgan fingerprint density at radius 1 is 0.507 bits per heavy atom. The number of hydrogen-bond acceptors (Lipinski definition) is 11. The van der Waals surface area contributed by atoms with Crippen LogP contribution < -0.4 is 0 Å². The zero-order chi connectivity index (χ0) is 49.0. The lowest BCUT2D eigenvalue weighted by atomic mass is 9.98. The van der Waals surface area contributed by atoms with Crippen LogP contribution in [-0.4, -0.2) is 89.2 Å². The molecular weight excluding hydrogens is 853 g/mol. The van der Waals surface area contributed by atoms with E-state index in [1.807, 2.05) is 12.2 Å². The van der Waals surface area contributed by atoms with Gasteiger partial charge in [0, 0.05) is 19.3 Å². The number of carboxylic acids is 1. The molecule has 0 saturated carbocycles. The number of ether oxygens (including phenoxy) is 5. The molecule has 1 heterocycles. The third-order valence-electron chi connectivity index (χ3n) is 10.6. The summed E-state index contributed by atoms with van der Waals surface area (Å²) in [6.07, 6.45) is 42.8. The van der Waals surface area contributed by atoms with E-state index < -0.39 is 67.3 Å². The molecule has 6 atom stereocenters. The van der Waals surface area contributed by atoms with Crippen LogP contribution in [0.2, 0.25) is 0 Å². The number of esters is 3. The number of carbonyl (C=O) groups is 4. The van der Waals surface area contributed by atoms with Gasteiger partial charge < -0.3 is 39.0 Å². The molecule has 3 N–H and O–H groups in total. The number of aliphatic hydroxyl groups is 2. The highest BCUT2D eigenvalue weighted by Crippen LogP contribution is 2.26. The number of rotatable bonds is 40. The average molecular weight is 939 g/mol. The number of allylic oxidation sites excluding steroid dienone is 16. The summed E-state index contributed by atoms with van der Waals surface area (Å²) in [5.74, 6) is -3.30. The molecule has 1 aliphatic rings. The van der Waals surface area contributed by atoms with Crippen molar-refractivity contribution in [2.24, 2.45) is 0 Å². The molecule has 1 rings (SSSR count). The normalized spacial score (nSPS) is 19.7. The van der Waals surface area contributed by atoms with Crippen LogP contribution in [0.25, 0.3) is 0 Å². The van der Waals surface area contributed by atoms with E-state index in [0.29, 0.717) is 19.3 Å². The third kappa shape index (κ3) is 33.7. The summed E-state index contributed by atoms with van der Waals surface area (Å²) in [6.45, 7) is 5.58. The second kappa shape index (κ2) is 43.0. The molecule has 0 aromatic heterocycles. The van der Waals surface area contributed by atoms with E-state index in [9.17, 15) is 34.5 Å². The second-order valence-corrected chi connectivity index (χ2v) is 16.7. The van der Waals surface area contributed by atoms with Gasteiger partial charge in [-0.25, -0.2) is 4.79 Å². The first kappa shape index (κ1) is 60.7. The first-order chi connectivity index (χ1) is 32.6. The Morgan fingerprint density at radius 2 is 0.970 bits per heavy atom. The molecule has 67 heavy (non-hydrogen) atoms. The van der Waals surface area contributed by atoms with Crippen LogP contribution in [0.4, 0.5) is 0 Å². The minimum Gasteiger partial charge on any atom is -0.479 e. The van der Waals surface area contributed by atoms with Crippen molar-refractivity contribution in [3.05, 3.63) is 97.2 Å². The Labute approximate surface area is 403 Å². The van der Waals surface area contributed by atoms with Gasteiger partial charge in [0.2, 0.25) is 0 Å². The van der Waals surface area contributed by atoms with Crippen molar-refractivity contribution in [3.63, 3.8) is 0 Å². The van der Waals surface area contributed by atoms with Crippen LogP contribution in [0.1, 0.15) is 175 Å². The molecule has 0 amide bonds. The van der Waals surface area contributed by atoms with Crippen LogP contribution in [0.15, 0.2) is 97.2 Å². The summed E-state index contributed by atoms with van der Waals surface area (Å²) in [6, 6.07) is 0. The minimum absolute atomic E-state index is 0.0132. The number of carbonyl (C=O) groups excluding carboxylic acids is 3. The summed E-state index contributed by atoms with van der Waals surface area (Å²) in [4.78, 5) is 50.7. The molecule has 378 valence electrons. The maximum Gasteiger partial charge on any atom is 0.335 e. The van der Waals surface area contributed by atoms with Gasteiger partial charge in [0.1, 0.15) is 18.8 Å². The van der Waals surface area contributed by atoms with E-state index in [2.05, 4.69) is 106 Å². The van der Waals surface area contributed by atoms with Gasteiger partial charge in [-0.3, -0.25) is 14.4 Å². The molecule has 12 nitrogen and oxygen atoms in total. The molecule has 0 bridgehead atoms.